The molecule has 0 bridgehead atoms. The van der Waals surface area contributed by atoms with Gasteiger partial charge in [0.25, 0.3) is 0 Å². The number of rotatable bonds is 7. The van der Waals surface area contributed by atoms with Crippen LogP contribution in [0.1, 0.15) is 47.0 Å². The summed E-state index contributed by atoms with van der Waals surface area (Å²) in [6, 6.07) is 0. The number of carboxylic acids is 1. The highest BCUT2D eigenvalue weighted by molar-refractivity contribution is 5.73. The molecule has 1 N–H and O–H groups in total. The van der Waals surface area contributed by atoms with E-state index >= 15 is 0 Å². The molecule has 0 amide bonds. The van der Waals surface area contributed by atoms with Crippen LogP contribution in [-0.4, -0.2) is 23.7 Å². The van der Waals surface area contributed by atoms with E-state index in [1.807, 2.05) is 20.8 Å². The second kappa shape index (κ2) is 6.51. The van der Waals surface area contributed by atoms with Gasteiger partial charge in [-0.25, -0.2) is 0 Å². The van der Waals surface area contributed by atoms with E-state index < -0.39 is 11.4 Å². The molecule has 0 aliphatic heterocycles. The average Bonchev–Trinajstić information content (AvgIpc) is 2.13. The van der Waals surface area contributed by atoms with Crippen LogP contribution in [-0.2, 0) is 14.3 Å². The molecule has 0 radical (unpaired) electrons. The summed E-state index contributed by atoms with van der Waals surface area (Å²) in [5.74, 6) is -0.878. The van der Waals surface area contributed by atoms with Gasteiger partial charge in [-0.2, -0.15) is 0 Å². The van der Waals surface area contributed by atoms with Crippen molar-refractivity contribution in [1.82, 2.24) is 0 Å². The predicted molar refractivity (Wildman–Crippen MR) is 61.1 cm³/mol. The summed E-state index contributed by atoms with van der Waals surface area (Å²) in [4.78, 5) is 22.2. The quantitative estimate of drug-likeness (QED) is 0.682. The van der Waals surface area contributed by atoms with Crippen LogP contribution >= 0.6 is 0 Å². The van der Waals surface area contributed by atoms with Gasteiger partial charge in [0.15, 0.2) is 0 Å². The van der Waals surface area contributed by atoms with Gasteiger partial charge in [-0.1, -0.05) is 27.7 Å². The molecule has 1 unspecified atom stereocenters. The van der Waals surface area contributed by atoms with Gasteiger partial charge < -0.3 is 9.84 Å². The Morgan fingerprint density at radius 3 is 2.25 bits per heavy atom. The normalized spacial score (nSPS) is 14.6. The first-order chi connectivity index (χ1) is 7.29. The van der Waals surface area contributed by atoms with Crippen molar-refractivity contribution in [1.29, 1.82) is 0 Å². The van der Waals surface area contributed by atoms with E-state index in [9.17, 15) is 9.59 Å². The molecule has 0 spiro atoms. The minimum atomic E-state index is -0.874. The zero-order valence-corrected chi connectivity index (χ0v) is 10.6. The fraction of sp³-hybridized carbons (Fsp3) is 0.833. The highest BCUT2D eigenvalue weighted by Gasteiger charge is 2.29. The summed E-state index contributed by atoms with van der Waals surface area (Å²) >= 11 is 0. The maximum atomic E-state index is 11.5. The van der Waals surface area contributed by atoms with E-state index in [0.29, 0.717) is 18.9 Å². The SMILES string of the molecule is CCC(C)(CC(=O)O)CC(=O)OCC(C)C. The Morgan fingerprint density at radius 1 is 1.31 bits per heavy atom. The van der Waals surface area contributed by atoms with Crippen LogP contribution in [0, 0.1) is 11.3 Å². The van der Waals surface area contributed by atoms with Crippen molar-refractivity contribution in [2.75, 3.05) is 6.61 Å². The van der Waals surface area contributed by atoms with E-state index in [2.05, 4.69) is 0 Å². The smallest absolute Gasteiger partial charge is 0.306 e. The van der Waals surface area contributed by atoms with Crippen LogP contribution in [0.2, 0.25) is 0 Å². The molecule has 4 nitrogen and oxygen atoms in total. The molecule has 1 atom stereocenters. The van der Waals surface area contributed by atoms with Gasteiger partial charge in [0, 0.05) is 0 Å². The van der Waals surface area contributed by atoms with Gasteiger partial charge in [-0.05, 0) is 17.8 Å². The molecule has 0 aliphatic rings. The third kappa shape index (κ3) is 6.43. The highest BCUT2D eigenvalue weighted by atomic mass is 16.5. The molecule has 4 heteroatoms. The lowest BCUT2D eigenvalue weighted by Crippen LogP contribution is -2.25. The average molecular weight is 230 g/mol. The Balaban J connectivity index is 4.20. The van der Waals surface area contributed by atoms with E-state index in [-0.39, 0.29) is 18.8 Å². The Kier molecular flexibility index (Phi) is 6.08. The lowest BCUT2D eigenvalue weighted by atomic mass is 9.81. The van der Waals surface area contributed by atoms with Crippen LogP contribution in [0.3, 0.4) is 0 Å². The maximum Gasteiger partial charge on any atom is 0.306 e. The van der Waals surface area contributed by atoms with Gasteiger partial charge in [-0.15, -0.1) is 0 Å². The second-order valence-electron chi connectivity index (χ2n) is 4.99. The molecule has 94 valence electrons. The Morgan fingerprint density at radius 2 is 1.88 bits per heavy atom. The molecule has 0 aromatic heterocycles. The molecule has 0 aromatic rings. The number of carboxylic acid groups (broad SMARTS) is 1. The van der Waals surface area contributed by atoms with Crippen molar-refractivity contribution in [3.63, 3.8) is 0 Å². The van der Waals surface area contributed by atoms with Crippen molar-refractivity contribution in [2.45, 2.75) is 47.0 Å². The molecule has 0 rings (SSSR count). The summed E-state index contributed by atoms with van der Waals surface area (Å²) < 4.78 is 5.05. The van der Waals surface area contributed by atoms with E-state index in [1.54, 1.807) is 6.92 Å². The summed E-state index contributed by atoms with van der Waals surface area (Å²) in [6.07, 6.45) is 0.818. The predicted octanol–water partition coefficient (Wildman–Crippen LogP) is 2.47. The molecule has 0 heterocycles. The standard InChI is InChI=1S/C12H22O4/c1-5-12(4,6-10(13)14)7-11(15)16-8-9(2)3/h9H,5-8H2,1-4H3,(H,13,14). The fourth-order valence-electron chi connectivity index (χ4n) is 1.34. The number of ether oxygens (including phenoxy) is 1. The number of aliphatic carboxylic acids is 1. The summed E-state index contributed by atoms with van der Waals surface area (Å²) in [5, 5.41) is 8.76. The fourth-order valence-corrected chi connectivity index (χ4v) is 1.34. The van der Waals surface area contributed by atoms with Crippen molar-refractivity contribution in [3.05, 3.63) is 0 Å². The minimum Gasteiger partial charge on any atom is -0.481 e. The lowest BCUT2D eigenvalue weighted by molar-refractivity contribution is -0.149. The van der Waals surface area contributed by atoms with Crippen LogP contribution in [0.25, 0.3) is 0 Å². The van der Waals surface area contributed by atoms with E-state index in [1.165, 1.54) is 0 Å². The highest BCUT2D eigenvalue weighted by Crippen LogP contribution is 2.30. The van der Waals surface area contributed by atoms with Crippen LogP contribution in [0.15, 0.2) is 0 Å². The zero-order chi connectivity index (χ0) is 12.8. The number of hydrogen-bond donors (Lipinski definition) is 1. The molecule has 0 saturated heterocycles. The van der Waals surface area contributed by atoms with Gasteiger partial charge >= 0.3 is 11.9 Å². The lowest BCUT2D eigenvalue weighted by Gasteiger charge is -2.25. The third-order valence-electron chi connectivity index (χ3n) is 2.58. The van der Waals surface area contributed by atoms with E-state index in [4.69, 9.17) is 9.84 Å². The summed E-state index contributed by atoms with van der Waals surface area (Å²) in [6.45, 7) is 8.01. The van der Waals surface area contributed by atoms with Gasteiger partial charge in [0.2, 0.25) is 0 Å². The number of carbonyl (C=O) groups is 2. The monoisotopic (exact) mass is 230 g/mol. The topological polar surface area (TPSA) is 63.6 Å². The van der Waals surface area contributed by atoms with Crippen LogP contribution in [0.4, 0.5) is 0 Å². The molecule has 16 heavy (non-hydrogen) atoms. The van der Waals surface area contributed by atoms with E-state index in [0.717, 1.165) is 0 Å². The summed E-state index contributed by atoms with van der Waals surface area (Å²) in [5.41, 5.74) is -0.500. The van der Waals surface area contributed by atoms with Gasteiger partial charge in [0.05, 0.1) is 19.4 Å². The largest absolute Gasteiger partial charge is 0.481 e. The number of esters is 1. The van der Waals surface area contributed by atoms with Crippen molar-refractivity contribution < 1.29 is 19.4 Å². The molecule has 0 aliphatic carbocycles. The zero-order valence-electron chi connectivity index (χ0n) is 10.6. The van der Waals surface area contributed by atoms with Crippen molar-refractivity contribution in [3.8, 4) is 0 Å². The molecule has 0 aromatic carbocycles. The Bertz CT molecular complexity index is 247. The van der Waals surface area contributed by atoms with Crippen molar-refractivity contribution >= 4 is 11.9 Å². The van der Waals surface area contributed by atoms with Gasteiger partial charge in [0.1, 0.15) is 0 Å². The summed E-state index contributed by atoms with van der Waals surface area (Å²) in [7, 11) is 0. The Labute approximate surface area is 97.0 Å². The first-order valence-electron chi connectivity index (χ1n) is 5.66. The molecular weight excluding hydrogens is 208 g/mol. The molecular formula is C12H22O4. The van der Waals surface area contributed by atoms with Crippen LogP contribution < -0.4 is 0 Å². The molecule has 0 saturated carbocycles. The Hall–Kier alpha value is -1.06. The number of hydrogen-bond acceptors (Lipinski definition) is 3. The first-order valence-corrected chi connectivity index (χ1v) is 5.66. The maximum absolute atomic E-state index is 11.5. The minimum absolute atomic E-state index is 0.000276. The third-order valence-corrected chi connectivity index (χ3v) is 2.58. The van der Waals surface area contributed by atoms with Crippen LogP contribution in [0.5, 0.6) is 0 Å². The van der Waals surface area contributed by atoms with Crippen molar-refractivity contribution in [2.24, 2.45) is 11.3 Å². The first kappa shape index (κ1) is 14.9. The number of carbonyl (C=O) groups excluding carboxylic acids is 1. The molecule has 0 fully saturated rings. The second-order valence-corrected chi connectivity index (χ2v) is 4.99. The van der Waals surface area contributed by atoms with Gasteiger partial charge in [-0.3, -0.25) is 9.59 Å².